The summed E-state index contributed by atoms with van der Waals surface area (Å²) in [7, 11) is 0. The topological polar surface area (TPSA) is 45.5 Å². The summed E-state index contributed by atoms with van der Waals surface area (Å²) in [6.07, 6.45) is 11.3. The molecule has 1 N–H and O–H groups in total. The van der Waals surface area contributed by atoms with E-state index >= 15 is 0 Å². The van der Waals surface area contributed by atoms with Gasteiger partial charge in [0.1, 0.15) is 5.82 Å². The van der Waals surface area contributed by atoms with E-state index in [0.29, 0.717) is 5.02 Å². The van der Waals surface area contributed by atoms with Gasteiger partial charge in [-0.1, -0.05) is 11.6 Å². The van der Waals surface area contributed by atoms with Crippen molar-refractivity contribution in [2.75, 3.05) is 23.3 Å². The fraction of sp³-hybridized carbons (Fsp3) is 0.294. The number of nitrogens with zero attached hydrogens (tertiary/aromatic N) is 4. The Bertz CT molecular complexity index is 805. The second-order valence-electron chi connectivity index (χ2n) is 5.80. The van der Waals surface area contributed by atoms with Crippen LogP contribution in [0.2, 0.25) is 5.02 Å². The van der Waals surface area contributed by atoms with Crippen LogP contribution in [0.4, 0.5) is 17.2 Å². The highest BCUT2D eigenvalue weighted by molar-refractivity contribution is 6.30. The van der Waals surface area contributed by atoms with E-state index in [9.17, 15) is 0 Å². The molecule has 1 saturated heterocycles. The number of rotatable bonds is 3. The zero-order valence-corrected chi connectivity index (χ0v) is 13.5. The number of halogens is 1. The fourth-order valence-electron chi connectivity index (χ4n) is 3.03. The molecule has 118 valence electrons. The number of anilines is 3. The Labute approximate surface area is 139 Å². The number of fused-ring (bicyclic) bond motifs is 1. The monoisotopic (exact) mass is 327 g/mol. The third kappa shape index (κ3) is 2.97. The number of imidazole rings is 1. The lowest BCUT2D eigenvalue weighted by Gasteiger charge is -2.28. The third-order valence-corrected chi connectivity index (χ3v) is 4.39. The van der Waals surface area contributed by atoms with Crippen LogP contribution in [0.25, 0.3) is 5.65 Å². The molecule has 6 heteroatoms. The molecular weight excluding hydrogens is 310 g/mol. The van der Waals surface area contributed by atoms with Crippen molar-refractivity contribution >= 4 is 34.4 Å². The summed E-state index contributed by atoms with van der Waals surface area (Å²) in [6.45, 7) is 2.24. The first-order chi connectivity index (χ1) is 11.3. The second-order valence-corrected chi connectivity index (χ2v) is 6.24. The van der Waals surface area contributed by atoms with Crippen molar-refractivity contribution in [3.8, 4) is 0 Å². The number of piperidine rings is 1. The maximum Gasteiger partial charge on any atom is 0.160 e. The number of nitrogens with one attached hydrogen (secondary N) is 1. The molecule has 0 saturated carbocycles. The predicted molar refractivity (Wildman–Crippen MR) is 93.8 cm³/mol. The molecule has 4 heterocycles. The van der Waals surface area contributed by atoms with Gasteiger partial charge in [0.15, 0.2) is 5.65 Å². The Morgan fingerprint density at radius 3 is 2.74 bits per heavy atom. The molecule has 0 atom stereocenters. The minimum absolute atomic E-state index is 0.655. The van der Waals surface area contributed by atoms with Crippen molar-refractivity contribution in [3.63, 3.8) is 0 Å². The smallest absolute Gasteiger partial charge is 0.160 e. The molecule has 3 aromatic rings. The first-order valence-corrected chi connectivity index (χ1v) is 8.28. The van der Waals surface area contributed by atoms with Crippen LogP contribution in [-0.2, 0) is 0 Å². The van der Waals surface area contributed by atoms with E-state index in [4.69, 9.17) is 11.6 Å². The number of hydrogen-bond acceptors (Lipinski definition) is 4. The summed E-state index contributed by atoms with van der Waals surface area (Å²) in [5.41, 5.74) is 2.87. The van der Waals surface area contributed by atoms with E-state index in [2.05, 4.69) is 26.3 Å². The highest BCUT2D eigenvalue weighted by atomic mass is 35.5. The van der Waals surface area contributed by atoms with Gasteiger partial charge in [-0.3, -0.25) is 0 Å². The van der Waals surface area contributed by atoms with Crippen LogP contribution >= 0.6 is 11.6 Å². The summed E-state index contributed by atoms with van der Waals surface area (Å²) < 4.78 is 1.90. The SMILES string of the molecule is Clc1cc(Nc2ccc(N3CCCCC3)cn2)c2nccn2c1. The summed E-state index contributed by atoms with van der Waals surface area (Å²) in [6, 6.07) is 5.99. The lowest BCUT2D eigenvalue weighted by molar-refractivity contribution is 0.577. The highest BCUT2D eigenvalue weighted by Gasteiger charge is 2.11. The van der Waals surface area contributed by atoms with Gasteiger partial charge in [0.25, 0.3) is 0 Å². The average molecular weight is 328 g/mol. The van der Waals surface area contributed by atoms with Crippen molar-refractivity contribution < 1.29 is 0 Å². The molecule has 0 aliphatic carbocycles. The third-order valence-electron chi connectivity index (χ3n) is 4.19. The molecule has 0 unspecified atom stereocenters. The maximum absolute atomic E-state index is 6.16. The Morgan fingerprint density at radius 1 is 1.09 bits per heavy atom. The fourth-order valence-corrected chi connectivity index (χ4v) is 3.24. The lowest BCUT2D eigenvalue weighted by atomic mass is 10.1. The van der Waals surface area contributed by atoms with Gasteiger partial charge in [-0.05, 0) is 37.5 Å². The molecule has 0 bridgehead atoms. The first-order valence-electron chi connectivity index (χ1n) is 7.90. The Morgan fingerprint density at radius 2 is 1.96 bits per heavy atom. The molecule has 1 aliphatic heterocycles. The van der Waals surface area contributed by atoms with Crippen molar-refractivity contribution in [2.45, 2.75) is 19.3 Å². The minimum Gasteiger partial charge on any atom is -0.370 e. The minimum atomic E-state index is 0.655. The van der Waals surface area contributed by atoms with Crippen LogP contribution in [0.15, 0.2) is 43.0 Å². The van der Waals surface area contributed by atoms with Gasteiger partial charge in [-0.25, -0.2) is 9.97 Å². The Hall–Kier alpha value is -2.27. The summed E-state index contributed by atoms with van der Waals surface area (Å²) in [5, 5.41) is 3.96. The van der Waals surface area contributed by atoms with Crippen molar-refractivity contribution in [3.05, 3.63) is 48.0 Å². The van der Waals surface area contributed by atoms with E-state index in [1.807, 2.05) is 35.1 Å². The molecule has 5 nitrogen and oxygen atoms in total. The summed E-state index contributed by atoms with van der Waals surface area (Å²) in [4.78, 5) is 11.3. The van der Waals surface area contributed by atoms with Gasteiger partial charge >= 0.3 is 0 Å². The van der Waals surface area contributed by atoms with Crippen LogP contribution < -0.4 is 10.2 Å². The molecule has 4 rings (SSSR count). The van der Waals surface area contributed by atoms with Gasteiger partial charge in [-0.2, -0.15) is 0 Å². The molecule has 0 spiro atoms. The molecule has 1 aliphatic rings. The molecule has 0 radical (unpaired) electrons. The van der Waals surface area contributed by atoms with E-state index in [1.54, 1.807) is 6.20 Å². The van der Waals surface area contributed by atoms with Crippen LogP contribution in [-0.4, -0.2) is 27.5 Å². The van der Waals surface area contributed by atoms with E-state index in [-0.39, 0.29) is 0 Å². The van der Waals surface area contributed by atoms with Crippen molar-refractivity contribution in [1.29, 1.82) is 0 Å². The van der Waals surface area contributed by atoms with Crippen LogP contribution in [0.3, 0.4) is 0 Å². The molecule has 23 heavy (non-hydrogen) atoms. The number of aromatic nitrogens is 3. The molecule has 3 aromatic heterocycles. The van der Waals surface area contributed by atoms with Crippen LogP contribution in [0.5, 0.6) is 0 Å². The van der Waals surface area contributed by atoms with Crippen molar-refractivity contribution in [2.24, 2.45) is 0 Å². The maximum atomic E-state index is 6.16. The molecule has 1 fully saturated rings. The van der Waals surface area contributed by atoms with Gasteiger partial charge in [0.05, 0.1) is 22.6 Å². The Kier molecular flexibility index (Phi) is 3.79. The standard InChI is InChI=1S/C17H18ClN5/c18-13-10-15(17-19-6-9-23(17)12-13)21-16-5-4-14(11-20-16)22-7-2-1-3-8-22/h4-6,9-12H,1-3,7-8H2,(H,20,21). The Balaban J connectivity index is 1.57. The first kappa shape index (κ1) is 14.3. The summed E-state index contributed by atoms with van der Waals surface area (Å²) in [5.74, 6) is 0.790. The van der Waals surface area contributed by atoms with E-state index in [1.165, 1.54) is 24.9 Å². The van der Waals surface area contributed by atoms with Gasteiger partial charge < -0.3 is 14.6 Å². The van der Waals surface area contributed by atoms with Gasteiger partial charge in [-0.15, -0.1) is 0 Å². The van der Waals surface area contributed by atoms with Crippen LogP contribution in [0, 0.1) is 0 Å². The number of hydrogen-bond donors (Lipinski definition) is 1. The summed E-state index contributed by atoms with van der Waals surface area (Å²) >= 11 is 6.16. The normalized spacial score (nSPS) is 15.1. The molecule has 0 aromatic carbocycles. The lowest BCUT2D eigenvalue weighted by Crippen LogP contribution is -2.29. The molecule has 0 amide bonds. The molecular formula is C17H18ClN5. The zero-order valence-electron chi connectivity index (χ0n) is 12.7. The van der Waals surface area contributed by atoms with Crippen molar-refractivity contribution in [1.82, 2.24) is 14.4 Å². The largest absolute Gasteiger partial charge is 0.370 e. The van der Waals surface area contributed by atoms with Gasteiger partial charge in [0, 0.05) is 31.7 Å². The highest BCUT2D eigenvalue weighted by Crippen LogP contribution is 2.25. The predicted octanol–water partition coefficient (Wildman–Crippen LogP) is 4.12. The quantitative estimate of drug-likeness (QED) is 0.786. The van der Waals surface area contributed by atoms with Crippen LogP contribution in [0.1, 0.15) is 19.3 Å². The zero-order chi connectivity index (χ0) is 15.6. The second kappa shape index (κ2) is 6.08. The van der Waals surface area contributed by atoms with E-state index < -0.39 is 0 Å². The number of pyridine rings is 2. The van der Waals surface area contributed by atoms with Gasteiger partial charge in [0.2, 0.25) is 0 Å². The average Bonchev–Trinajstić information content (AvgIpc) is 3.05. The van der Waals surface area contributed by atoms with E-state index in [0.717, 1.165) is 30.2 Å².